The third-order valence-corrected chi connectivity index (χ3v) is 5.83. The standard InChI is InChI=1S/C24H26N2O3/c1-29-21-13-11-20(12-14-21)26-22(27)17-24(26,16-15-18-7-3-2-4-8-18)23(28)25-19-9-5-6-10-19/h2-4,7-8,11-16,19H,5-6,9-10,17H2,1H3,(H,25,28)/b16-15+/t24-/m0/s1. The second-order valence-corrected chi connectivity index (χ2v) is 7.73. The van der Waals surface area contributed by atoms with Crippen LogP contribution in [0.4, 0.5) is 5.69 Å². The minimum atomic E-state index is -1.01. The molecule has 0 spiro atoms. The van der Waals surface area contributed by atoms with Crippen molar-refractivity contribution in [2.45, 2.75) is 43.7 Å². The molecule has 5 nitrogen and oxygen atoms in total. The quantitative estimate of drug-likeness (QED) is 0.760. The van der Waals surface area contributed by atoms with Crippen molar-refractivity contribution in [3.63, 3.8) is 0 Å². The van der Waals surface area contributed by atoms with Gasteiger partial charge in [-0.25, -0.2) is 0 Å². The Kier molecular flexibility index (Phi) is 5.38. The maximum Gasteiger partial charge on any atom is 0.251 e. The smallest absolute Gasteiger partial charge is 0.251 e. The lowest BCUT2D eigenvalue weighted by Crippen LogP contribution is -2.70. The van der Waals surface area contributed by atoms with Crippen LogP contribution in [0, 0.1) is 0 Å². The van der Waals surface area contributed by atoms with Crippen molar-refractivity contribution in [2.75, 3.05) is 12.0 Å². The number of nitrogens with one attached hydrogen (secondary N) is 1. The van der Waals surface area contributed by atoms with Crippen LogP contribution < -0.4 is 15.0 Å². The molecule has 0 radical (unpaired) electrons. The van der Waals surface area contributed by atoms with E-state index >= 15 is 0 Å². The van der Waals surface area contributed by atoms with E-state index in [0.717, 1.165) is 31.2 Å². The summed E-state index contributed by atoms with van der Waals surface area (Å²) in [5.41, 5.74) is 0.681. The molecule has 0 aromatic heterocycles. The molecular formula is C24H26N2O3. The Morgan fingerprint density at radius 2 is 1.79 bits per heavy atom. The zero-order valence-electron chi connectivity index (χ0n) is 16.6. The van der Waals surface area contributed by atoms with Gasteiger partial charge in [0.15, 0.2) is 5.54 Å². The molecule has 150 valence electrons. The fourth-order valence-corrected chi connectivity index (χ4v) is 4.20. The lowest BCUT2D eigenvalue weighted by molar-refractivity contribution is -0.137. The molecule has 2 amide bonds. The average Bonchev–Trinajstić information content (AvgIpc) is 3.25. The van der Waals surface area contributed by atoms with E-state index in [9.17, 15) is 9.59 Å². The lowest BCUT2D eigenvalue weighted by atomic mass is 9.80. The zero-order chi connectivity index (χ0) is 20.3. The summed E-state index contributed by atoms with van der Waals surface area (Å²) in [6.07, 6.45) is 8.25. The number of anilines is 1. The summed E-state index contributed by atoms with van der Waals surface area (Å²) in [5.74, 6) is 0.545. The molecule has 1 heterocycles. The Bertz CT molecular complexity index is 901. The number of hydrogen-bond donors (Lipinski definition) is 1. The van der Waals surface area contributed by atoms with E-state index < -0.39 is 5.54 Å². The molecule has 1 aliphatic carbocycles. The van der Waals surface area contributed by atoms with Crippen molar-refractivity contribution in [1.82, 2.24) is 5.32 Å². The zero-order valence-corrected chi connectivity index (χ0v) is 16.6. The largest absolute Gasteiger partial charge is 0.497 e. The van der Waals surface area contributed by atoms with Crippen LogP contribution in [0.25, 0.3) is 6.08 Å². The topological polar surface area (TPSA) is 58.6 Å². The number of carbonyl (C=O) groups excluding carboxylic acids is 2. The van der Waals surface area contributed by atoms with E-state index in [4.69, 9.17) is 4.74 Å². The van der Waals surface area contributed by atoms with Gasteiger partial charge in [-0.3, -0.25) is 14.5 Å². The van der Waals surface area contributed by atoms with E-state index in [2.05, 4.69) is 5.32 Å². The predicted octanol–water partition coefficient (Wildman–Crippen LogP) is 3.94. The number of rotatable bonds is 6. The Balaban J connectivity index is 1.67. The van der Waals surface area contributed by atoms with Gasteiger partial charge < -0.3 is 10.1 Å². The van der Waals surface area contributed by atoms with Crippen molar-refractivity contribution < 1.29 is 14.3 Å². The highest BCUT2D eigenvalue weighted by Crippen LogP contribution is 2.40. The normalized spacial score (nSPS) is 22.0. The van der Waals surface area contributed by atoms with Crippen molar-refractivity contribution in [2.24, 2.45) is 0 Å². The van der Waals surface area contributed by atoms with E-state index in [-0.39, 0.29) is 24.3 Å². The van der Waals surface area contributed by atoms with Gasteiger partial charge in [-0.1, -0.05) is 49.2 Å². The van der Waals surface area contributed by atoms with Crippen LogP contribution in [0.3, 0.4) is 0 Å². The van der Waals surface area contributed by atoms with E-state index in [0.29, 0.717) is 11.4 Å². The van der Waals surface area contributed by atoms with Crippen molar-refractivity contribution >= 4 is 23.6 Å². The van der Waals surface area contributed by atoms with Gasteiger partial charge in [0.05, 0.1) is 13.5 Å². The van der Waals surface area contributed by atoms with Gasteiger partial charge in [0.25, 0.3) is 5.91 Å². The number of β-lactam (4-membered cyclic amide) rings is 1. The van der Waals surface area contributed by atoms with Crippen LogP contribution in [-0.4, -0.2) is 30.5 Å². The molecule has 29 heavy (non-hydrogen) atoms. The molecule has 0 bridgehead atoms. The Morgan fingerprint density at radius 3 is 2.41 bits per heavy atom. The number of carbonyl (C=O) groups is 2. The number of amides is 2. The summed E-state index contributed by atoms with van der Waals surface area (Å²) < 4.78 is 5.22. The van der Waals surface area contributed by atoms with Crippen molar-refractivity contribution in [3.05, 3.63) is 66.2 Å². The molecule has 1 saturated carbocycles. The summed E-state index contributed by atoms with van der Waals surface area (Å²) in [4.78, 5) is 27.6. The van der Waals surface area contributed by atoms with Gasteiger partial charge in [-0.15, -0.1) is 0 Å². The summed E-state index contributed by atoms with van der Waals surface area (Å²) in [7, 11) is 1.60. The Hall–Kier alpha value is -3.08. The van der Waals surface area contributed by atoms with Crippen LogP contribution in [0.2, 0.25) is 0 Å². The van der Waals surface area contributed by atoms with Gasteiger partial charge in [0.1, 0.15) is 5.75 Å². The number of hydrogen-bond acceptors (Lipinski definition) is 3. The highest BCUT2D eigenvalue weighted by molar-refractivity contribution is 6.15. The van der Waals surface area contributed by atoms with Crippen LogP contribution in [-0.2, 0) is 9.59 Å². The highest BCUT2D eigenvalue weighted by atomic mass is 16.5. The first-order valence-corrected chi connectivity index (χ1v) is 10.1. The van der Waals surface area contributed by atoms with Crippen molar-refractivity contribution in [3.8, 4) is 5.75 Å². The lowest BCUT2D eigenvalue weighted by Gasteiger charge is -2.49. The van der Waals surface area contributed by atoms with Gasteiger partial charge in [-0.2, -0.15) is 0 Å². The van der Waals surface area contributed by atoms with Crippen LogP contribution in [0.1, 0.15) is 37.7 Å². The van der Waals surface area contributed by atoms with Crippen LogP contribution >= 0.6 is 0 Å². The maximum absolute atomic E-state index is 13.4. The summed E-state index contributed by atoms with van der Waals surface area (Å²) >= 11 is 0. The molecular weight excluding hydrogens is 364 g/mol. The molecule has 1 N–H and O–H groups in total. The highest BCUT2D eigenvalue weighted by Gasteiger charge is 2.56. The molecule has 2 fully saturated rings. The number of benzene rings is 2. The molecule has 1 atom stereocenters. The van der Waals surface area contributed by atoms with E-state index in [1.807, 2.05) is 66.7 Å². The SMILES string of the molecule is COc1ccc(N2C(=O)C[C@@]2(/C=C/c2ccccc2)C(=O)NC2CCCC2)cc1. The summed E-state index contributed by atoms with van der Waals surface area (Å²) in [6, 6.07) is 17.3. The predicted molar refractivity (Wildman–Crippen MR) is 114 cm³/mol. The van der Waals surface area contributed by atoms with Crippen molar-refractivity contribution in [1.29, 1.82) is 0 Å². The maximum atomic E-state index is 13.4. The van der Waals surface area contributed by atoms with Gasteiger partial charge in [0, 0.05) is 11.7 Å². The van der Waals surface area contributed by atoms with E-state index in [1.54, 1.807) is 12.0 Å². The molecule has 2 aliphatic rings. The molecule has 1 aliphatic heterocycles. The average molecular weight is 390 g/mol. The number of ether oxygens (including phenoxy) is 1. The second kappa shape index (κ2) is 8.11. The molecule has 2 aromatic carbocycles. The minimum absolute atomic E-state index is 0.0607. The second-order valence-electron chi connectivity index (χ2n) is 7.73. The van der Waals surface area contributed by atoms with Gasteiger partial charge >= 0.3 is 0 Å². The fraction of sp³-hybridized carbons (Fsp3) is 0.333. The molecule has 4 rings (SSSR count). The Morgan fingerprint density at radius 1 is 1.10 bits per heavy atom. The van der Waals surface area contributed by atoms with Gasteiger partial charge in [-0.05, 0) is 48.7 Å². The first-order valence-electron chi connectivity index (χ1n) is 10.1. The summed E-state index contributed by atoms with van der Waals surface area (Å²) in [5, 5.41) is 3.19. The Labute approximate surface area is 171 Å². The third kappa shape index (κ3) is 3.77. The van der Waals surface area contributed by atoms with Gasteiger partial charge in [0.2, 0.25) is 5.91 Å². The first kappa shape index (κ1) is 19.2. The summed E-state index contributed by atoms with van der Waals surface area (Å²) in [6.45, 7) is 0. The minimum Gasteiger partial charge on any atom is -0.497 e. The molecule has 0 unspecified atom stereocenters. The van der Waals surface area contributed by atoms with Crippen LogP contribution in [0.5, 0.6) is 5.75 Å². The number of methoxy groups -OCH3 is 1. The molecule has 1 saturated heterocycles. The van der Waals surface area contributed by atoms with E-state index in [1.165, 1.54) is 0 Å². The third-order valence-electron chi connectivity index (χ3n) is 5.83. The first-order chi connectivity index (χ1) is 14.1. The monoisotopic (exact) mass is 390 g/mol. The fourth-order valence-electron chi connectivity index (χ4n) is 4.20. The molecule has 5 heteroatoms. The number of nitrogens with zero attached hydrogens (tertiary/aromatic N) is 1. The van der Waals surface area contributed by atoms with Crippen LogP contribution in [0.15, 0.2) is 60.7 Å². The molecule has 2 aromatic rings.